The summed E-state index contributed by atoms with van der Waals surface area (Å²) in [4.78, 5) is 23.4. The third-order valence-corrected chi connectivity index (χ3v) is 3.94. The fourth-order valence-corrected chi connectivity index (χ4v) is 2.59. The zero-order valence-corrected chi connectivity index (χ0v) is 13.5. The minimum Gasteiger partial charge on any atom is -0.460 e. The maximum absolute atomic E-state index is 11.9. The van der Waals surface area contributed by atoms with E-state index in [1.807, 2.05) is 20.8 Å². The largest absolute Gasteiger partial charge is 0.460 e. The van der Waals surface area contributed by atoms with Gasteiger partial charge >= 0.3 is 5.97 Å². The lowest BCUT2D eigenvalue weighted by Crippen LogP contribution is -2.40. The molecular weight excluding hydrogens is 254 g/mol. The monoisotopic (exact) mass is 283 g/mol. The zero-order chi connectivity index (χ0) is 15.3. The zero-order valence-electron chi connectivity index (χ0n) is 13.5. The molecule has 0 heterocycles. The van der Waals surface area contributed by atoms with Gasteiger partial charge in [0.2, 0.25) is 5.91 Å². The van der Waals surface area contributed by atoms with Gasteiger partial charge in [0.15, 0.2) is 0 Å². The first-order chi connectivity index (χ1) is 9.17. The molecule has 1 aliphatic carbocycles. The lowest BCUT2D eigenvalue weighted by molar-refractivity contribution is -0.155. The van der Waals surface area contributed by atoms with Crippen LogP contribution in [-0.2, 0) is 14.3 Å². The van der Waals surface area contributed by atoms with E-state index in [4.69, 9.17) is 4.74 Å². The lowest BCUT2D eigenvalue weighted by Gasteiger charge is -2.32. The van der Waals surface area contributed by atoms with Crippen molar-refractivity contribution in [1.29, 1.82) is 0 Å². The summed E-state index contributed by atoms with van der Waals surface area (Å²) in [6.07, 6.45) is 3.62. The number of nitrogens with one attached hydrogen (secondary N) is 1. The molecule has 0 bridgehead atoms. The Kier molecular flexibility index (Phi) is 6.03. The second-order valence-electron chi connectivity index (χ2n) is 7.12. The first-order valence-corrected chi connectivity index (χ1v) is 7.68. The number of carbonyl (C=O) groups excluding carboxylic acids is 2. The SMILES string of the molecule is CC1CCC(NC(=O)CCC(=O)OC(C)(C)C)CC1C. The summed E-state index contributed by atoms with van der Waals surface area (Å²) < 4.78 is 5.19. The summed E-state index contributed by atoms with van der Waals surface area (Å²) in [5.41, 5.74) is -0.484. The Bertz CT molecular complexity index is 346. The van der Waals surface area contributed by atoms with Crippen LogP contribution in [0.25, 0.3) is 0 Å². The second-order valence-corrected chi connectivity index (χ2v) is 7.12. The molecule has 1 rings (SSSR count). The number of ether oxygens (including phenoxy) is 1. The molecule has 1 fully saturated rings. The molecule has 1 amide bonds. The third-order valence-electron chi connectivity index (χ3n) is 3.94. The molecule has 4 heteroatoms. The molecule has 0 aliphatic heterocycles. The van der Waals surface area contributed by atoms with Crippen molar-refractivity contribution in [2.24, 2.45) is 11.8 Å². The Morgan fingerprint density at radius 3 is 2.30 bits per heavy atom. The molecule has 1 N–H and O–H groups in total. The molecule has 0 radical (unpaired) electrons. The van der Waals surface area contributed by atoms with E-state index in [0.717, 1.165) is 25.2 Å². The van der Waals surface area contributed by atoms with Crippen LogP contribution in [0.4, 0.5) is 0 Å². The lowest BCUT2D eigenvalue weighted by atomic mass is 9.79. The Hall–Kier alpha value is -1.06. The molecule has 3 unspecified atom stereocenters. The minimum absolute atomic E-state index is 0.0392. The highest BCUT2D eigenvalue weighted by molar-refractivity contribution is 5.81. The van der Waals surface area contributed by atoms with E-state index in [1.165, 1.54) is 0 Å². The van der Waals surface area contributed by atoms with E-state index < -0.39 is 5.60 Å². The van der Waals surface area contributed by atoms with Crippen LogP contribution < -0.4 is 5.32 Å². The first kappa shape index (κ1) is 17.0. The summed E-state index contributed by atoms with van der Waals surface area (Å²) in [7, 11) is 0. The van der Waals surface area contributed by atoms with Crippen LogP contribution in [0.5, 0.6) is 0 Å². The van der Waals surface area contributed by atoms with Crippen LogP contribution in [0.15, 0.2) is 0 Å². The molecule has 116 valence electrons. The highest BCUT2D eigenvalue weighted by Crippen LogP contribution is 2.29. The van der Waals surface area contributed by atoms with Gasteiger partial charge in [0, 0.05) is 12.5 Å². The molecule has 0 spiro atoms. The Labute approximate surface area is 122 Å². The number of amides is 1. The molecule has 0 aromatic carbocycles. The van der Waals surface area contributed by atoms with E-state index in [2.05, 4.69) is 19.2 Å². The molecule has 0 saturated heterocycles. The van der Waals surface area contributed by atoms with Crippen molar-refractivity contribution in [1.82, 2.24) is 5.32 Å². The van der Waals surface area contributed by atoms with E-state index >= 15 is 0 Å². The van der Waals surface area contributed by atoms with Gasteiger partial charge in [-0.1, -0.05) is 13.8 Å². The highest BCUT2D eigenvalue weighted by Gasteiger charge is 2.25. The molecule has 1 saturated carbocycles. The number of hydrogen-bond acceptors (Lipinski definition) is 3. The molecule has 20 heavy (non-hydrogen) atoms. The molecular formula is C16H29NO3. The van der Waals surface area contributed by atoms with Crippen molar-refractivity contribution in [3.63, 3.8) is 0 Å². The van der Waals surface area contributed by atoms with Crippen molar-refractivity contribution in [3.05, 3.63) is 0 Å². The van der Waals surface area contributed by atoms with Crippen LogP contribution in [-0.4, -0.2) is 23.5 Å². The van der Waals surface area contributed by atoms with Crippen molar-refractivity contribution in [2.75, 3.05) is 0 Å². The third kappa shape index (κ3) is 6.40. The average molecular weight is 283 g/mol. The van der Waals surface area contributed by atoms with Crippen molar-refractivity contribution < 1.29 is 14.3 Å². The predicted molar refractivity (Wildman–Crippen MR) is 79.2 cm³/mol. The van der Waals surface area contributed by atoms with Gasteiger partial charge in [0.05, 0.1) is 6.42 Å². The summed E-state index contributed by atoms with van der Waals surface area (Å²) in [5.74, 6) is 1.05. The highest BCUT2D eigenvalue weighted by atomic mass is 16.6. The second kappa shape index (κ2) is 7.09. The number of hydrogen-bond donors (Lipinski definition) is 1. The molecule has 0 aromatic heterocycles. The normalized spacial score (nSPS) is 26.9. The van der Waals surface area contributed by atoms with E-state index in [-0.39, 0.29) is 30.8 Å². The van der Waals surface area contributed by atoms with Gasteiger partial charge in [0.1, 0.15) is 5.60 Å². The summed E-state index contributed by atoms with van der Waals surface area (Å²) in [5, 5.41) is 3.04. The van der Waals surface area contributed by atoms with Gasteiger partial charge in [-0.3, -0.25) is 9.59 Å². The van der Waals surface area contributed by atoms with E-state index in [9.17, 15) is 9.59 Å². The van der Waals surface area contributed by atoms with Crippen LogP contribution in [0, 0.1) is 11.8 Å². The Morgan fingerprint density at radius 1 is 1.10 bits per heavy atom. The molecule has 3 atom stereocenters. The van der Waals surface area contributed by atoms with Gasteiger partial charge in [-0.25, -0.2) is 0 Å². The van der Waals surface area contributed by atoms with Crippen LogP contribution in [0.1, 0.15) is 66.7 Å². The van der Waals surface area contributed by atoms with Gasteiger partial charge < -0.3 is 10.1 Å². The van der Waals surface area contributed by atoms with Crippen molar-refractivity contribution in [2.45, 2.75) is 78.4 Å². The predicted octanol–water partition coefficient (Wildman–Crippen LogP) is 3.05. The van der Waals surface area contributed by atoms with Gasteiger partial charge in [0.25, 0.3) is 0 Å². The number of rotatable bonds is 4. The average Bonchev–Trinajstić information content (AvgIpc) is 2.29. The summed E-state index contributed by atoms with van der Waals surface area (Å²) >= 11 is 0. The van der Waals surface area contributed by atoms with Crippen molar-refractivity contribution in [3.8, 4) is 0 Å². The fourth-order valence-electron chi connectivity index (χ4n) is 2.59. The standard InChI is InChI=1S/C16H29NO3/c1-11-6-7-13(10-12(11)2)17-14(18)8-9-15(19)20-16(3,4)5/h11-13H,6-10H2,1-5H3,(H,17,18). The van der Waals surface area contributed by atoms with E-state index in [0.29, 0.717) is 5.92 Å². The Balaban J connectivity index is 2.25. The smallest absolute Gasteiger partial charge is 0.306 e. The topological polar surface area (TPSA) is 55.4 Å². The quantitative estimate of drug-likeness (QED) is 0.807. The van der Waals surface area contributed by atoms with Gasteiger partial charge in [-0.2, -0.15) is 0 Å². The van der Waals surface area contributed by atoms with E-state index in [1.54, 1.807) is 0 Å². The first-order valence-electron chi connectivity index (χ1n) is 7.68. The fraction of sp³-hybridized carbons (Fsp3) is 0.875. The molecule has 4 nitrogen and oxygen atoms in total. The van der Waals surface area contributed by atoms with Gasteiger partial charge in [-0.05, 0) is 51.9 Å². The summed E-state index contributed by atoms with van der Waals surface area (Å²) in [6.45, 7) is 10.00. The van der Waals surface area contributed by atoms with Crippen LogP contribution >= 0.6 is 0 Å². The van der Waals surface area contributed by atoms with Gasteiger partial charge in [-0.15, -0.1) is 0 Å². The summed E-state index contributed by atoms with van der Waals surface area (Å²) in [6, 6.07) is 0.271. The van der Waals surface area contributed by atoms with Crippen LogP contribution in [0.3, 0.4) is 0 Å². The maximum atomic E-state index is 11.9. The number of carbonyl (C=O) groups is 2. The minimum atomic E-state index is -0.484. The number of esters is 1. The Morgan fingerprint density at radius 2 is 1.75 bits per heavy atom. The molecule has 0 aromatic rings. The van der Waals surface area contributed by atoms with Crippen molar-refractivity contribution >= 4 is 11.9 Å². The maximum Gasteiger partial charge on any atom is 0.306 e. The molecule has 1 aliphatic rings. The van der Waals surface area contributed by atoms with Crippen LogP contribution in [0.2, 0.25) is 0 Å².